The number of nitrogens with one attached hydrogen (secondary N) is 1. The fourth-order valence-corrected chi connectivity index (χ4v) is 2.10. The highest BCUT2D eigenvalue weighted by Crippen LogP contribution is 2.20. The maximum absolute atomic E-state index is 3.51. The molecular weight excluding hydrogens is 172 g/mol. The van der Waals surface area contributed by atoms with E-state index in [1.165, 1.54) is 32.5 Å². The van der Waals surface area contributed by atoms with E-state index in [1.807, 2.05) is 0 Å². The number of hydrogen-bond donors (Lipinski definition) is 1. The molecule has 0 saturated carbocycles. The van der Waals surface area contributed by atoms with Crippen molar-refractivity contribution in [3.8, 4) is 0 Å². The van der Waals surface area contributed by atoms with Gasteiger partial charge in [-0.05, 0) is 19.3 Å². The summed E-state index contributed by atoms with van der Waals surface area (Å²) in [4.78, 5) is 2.61. The van der Waals surface area contributed by atoms with E-state index in [1.54, 1.807) is 0 Å². The lowest BCUT2D eigenvalue weighted by Crippen LogP contribution is -2.54. The second-order valence-corrected chi connectivity index (χ2v) is 5.02. The van der Waals surface area contributed by atoms with E-state index in [4.69, 9.17) is 0 Å². The monoisotopic (exact) mass is 198 g/mol. The minimum absolute atomic E-state index is 0.636. The topological polar surface area (TPSA) is 15.3 Å². The van der Waals surface area contributed by atoms with Crippen LogP contribution < -0.4 is 5.32 Å². The van der Waals surface area contributed by atoms with Gasteiger partial charge in [-0.2, -0.15) is 0 Å². The maximum atomic E-state index is 3.51. The standard InChI is InChI=1S/C12H26N2/c1-5-6-11(4)14-8-12(9-14)7-13-10(2)3/h10-13H,5-9H2,1-4H3. The summed E-state index contributed by atoms with van der Waals surface area (Å²) < 4.78 is 0. The van der Waals surface area contributed by atoms with Crippen LogP contribution in [0.3, 0.4) is 0 Å². The molecule has 0 aromatic heterocycles. The summed E-state index contributed by atoms with van der Waals surface area (Å²) in [7, 11) is 0. The first-order valence-corrected chi connectivity index (χ1v) is 6.11. The molecule has 2 heteroatoms. The molecule has 1 rings (SSSR count). The molecule has 0 radical (unpaired) electrons. The maximum Gasteiger partial charge on any atom is 0.00670 e. The van der Waals surface area contributed by atoms with Crippen LogP contribution in [-0.4, -0.2) is 36.6 Å². The quantitative estimate of drug-likeness (QED) is 0.703. The molecule has 2 nitrogen and oxygen atoms in total. The van der Waals surface area contributed by atoms with Gasteiger partial charge in [0.15, 0.2) is 0 Å². The molecule has 1 aliphatic rings. The van der Waals surface area contributed by atoms with Crippen molar-refractivity contribution >= 4 is 0 Å². The molecule has 0 aliphatic carbocycles. The predicted molar refractivity (Wildman–Crippen MR) is 62.6 cm³/mol. The van der Waals surface area contributed by atoms with Crippen molar-refractivity contribution in [1.29, 1.82) is 0 Å². The fourth-order valence-electron chi connectivity index (χ4n) is 2.10. The molecule has 0 bridgehead atoms. The van der Waals surface area contributed by atoms with Gasteiger partial charge in [0, 0.05) is 31.7 Å². The molecule has 1 saturated heterocycles. The largest absolute Gasteiger partial charge is 0.314 e. The van der Waals surface area contributed by atoms with Gasteiger partial charge in [0.25, 0.3) is 0 Å². The lowest BCUT2D eigenvalue weighted by Gasteiger charge is -2.43. The average molecular weight is 198 g/mol. The van der Waals surface area contributed by atoms with E-state index in [0.29, 0.717) is 6.04 Å². The second-order valence-electron chi connectivity index (χ2n) is 5.02. The normalized spacial score (nSPS) is 21.2. The number of rotatable bonds is 6. The Bertz CT molecular complexity index is 150. The first-order chi connectivity index (χ1) is 6.63. The summed E-state index contributed by atoms with van der Waals surface area (Å²) in [5.41, 5.74) is 0. The van der Waals surface area contributed by atoms with Crippen molar-refractivity contribution in [3.05, 3.63) is 0 Å². The highest BCUT2D eigenvalue weighted by Gasteiger charge is 2.29. The van der Waals surface area contributed by atoms with Crippen molar-refractivity contribution in [3.63, 3.8) is 0 Å². The lowest BCUT2D eigenvalue weighted by atomic mass is 9.96. The molecular formula is C12H26N2. The van der Waals surface area contributed by atoms with E-state index >= 15 is 0 Å². The zero-order valence-corrected chi connectivity index (χ0v) is 10.2. The van der Waals surface area contributed by atoms with Gasteiger partial charge in [-0.3, -0.25) is 4.90 Å². The van der Waals surface area contributed by atoms with Crippen LogP contribution in [0.4, 0.5) is 0 Å². The van der Waals surface area contributed by atoms with Gasteiger partial charge in [0.2, 0.25) is 0 Å². The molecule has 0 spiro atoms. The average Bonchev–Trinajstić information content (AvgIpc) is 2.01. The molecule has 14 heavy (non-hydrogen) atoms. The Morgan fingerprint density at radius 2 is 1.93 bits per heavy atom. The summed E-state index contributed by atoms with van der Waals surface area (Å²) >= 11 is 0. The van der Waals surface area contributed by atoms with Crippen LogP contribution in [0.2, 0.25) is 0 Å². The van der Waals surface area contributed by atoms with E-state index in [-0.39, 0.29) is 0 Å². The molecule has 1 unspecified atom stereocenters. The van der Waals surface area contributed by atoms with Gasteiger partial charge in [-0.15, -0.1) is 0 Å². The first-order valence-electron chi connectivity index (χ1n) is 6.11. The van der Waals surface area contributed by atoms with Crippen LogP contribution in [0.25, 0.3) is 0 Å². The zero-order valence-electron chi connectivity index (χ0n) is 10.2. The van der Waals surface area contributed by atoms with Gasteiger partial charge < -0.3 is 5.32 Å². The molecule has 84 valence electrons. The van der Waals surface area contributed by atoms with Crippen molar-refractivity contribution < 1.29 is 0 Å². The highest BCUT2D eigenvalue weighted by atomic mass is 15.2. The third-order valence-corrected chi connectivity index (χ3v) is 3.13. The third-order valence-electron chi connectivity index (χ3n) is 3.13. The van der Waals surface area contributed by atoms with Crippen LogP contribution in [0.5, 0.6) is 0 Å². The van der Waals surface area contributed by atoms with Gasteiger partial charge in [0.05, 0.1) is 0 Å². The number of hydrogen-bond acceptors (Lipinski definition) is 2. The van der Waals surface area contributed by atoms with Crippen LogP contribution in [0, 0.1) is 5.92 Å². The molecule has 1 fully saturated rings. The van der Waals surface area contributed by atoms with E-state index in [0.717, 1.165) is 12.0 Å². The summed E-state index contributed by atoms with van der Waals surface area (Å²) in [6.45, 7) is 12.9. The summed E-state index contributed by atoms with van der Waals surface area (Å²) in [5, 5.41) is 3.51. The Hall–Kier alpha value is -0.0800. The second kappa shape index (κ2) is 5.72. The van der Waals surface area contributed by atoms with E-state index in [2.05, 4.69) is 37.9 Å². The van der Waals surface area contributed by atoms with Gasteiger partial charge in [0.1, 0.15) is 0 Å². The Kier molecular flexibility index (Phi) is 4.90. The van der Waals surface area contributed by atoms with Crippen molar-refractivity contribution in [2.24, 2.45) is 5.92 Å². The van der Waals surface area contributed by atoms with Gasteiger partial charge in [-0.1, -0.05) is 27.2 Å². The Balaban J connectivity index is 2.05. The smallest absolute Gasteiger partial charge is 0.00670 e. The van der Waals surface area contributed by atoms with Crippen LogP contribution in [0.1, 0.15) is 40.5 Å². The summed E-state index contributed by atoms with van der Waals surface area (Å²) in [6.07, 6.45) is 2.66. The summed E-state index contributed by atoms with van der Waals surface area (Å²) in [6, 6.07) is 1.44. The summed E-state index contributed by atoms with van der Waals surface area (Å²) in [5.74, 6) is 0.900. The Morgan fingerprint density at radius 3 is 2.43 bits per heavy atom. The minimum Gasteiger partial charge on any atom is -0.314 e. The molecule has 0 aromatic rings. The van der Waals surface area contributed by atoms with Crippen LogP contribution in [0.15, 0.2) is 0 Å². The zero-order chi connectivity index (χ0) is 10.6. The number of likely N-dealkylation sites (tertiary alicyclic amines) is 1. The SMILES string of the molecule is CCCC(C)N1CC(CNC(C)C)C1. The van der Waals surface area contributed by atoms with Gasteiger partial charge >= 0.3 is 0 Å². The lowest BCUT2D eigenvalue weighted by molar-refractivity contribution is 0.0551. The Morgan fingerprint density at radius 1 is 1.29 bits per heavy atom. The van der Waals surface area contributed by atoms with E-state index in [9.17, 15) is 0 Å². The number of nitrogens with zero attached hydrogens (tertiary/aromatic N) is 1. The van der Waals surface area contributed by atoms with Crippen LogP contribution in [-0.2, 0) is 0 Å². The molecule has 1 N–H and O–H groups in total. The minimum atomic E-state index is 0.636. The molecule has 1 aliphatic heterocycles. The molecule has 0 amide bonds. The van der Waals surface area contributed by atoms with Crippen molar-refractivity contribution in [1.82, 2.24) is 10.2 Å². The molecule has 0 aromatic carbocycles. The van der Waals surface area contributed by atoms with Crippen LogP contribution >= 0.6 is 0 Å². The fraction of sp³-hybridized carbons (Fsp3) is 1.00. The van der Waals surface area contributed by atoms with E-state index < -0.39 is 0 Å². The third kappa shape index (κ3) is 3.58. The van der Waals surface area contributed by atoms with Crippen molar-refractivity contribution in [2.75, 3.05) is 19.6 Å². The predicted octanol–water partition coefficient (Wildman–Crippen LogP) is 2.10. The van der Waals surface area contributed by atoms with Gasteiger partial charge in [-0.25, -0.2) is 0 Å². The first kappa shape index (κ1) is 12.0. The Labute approximate surface area is 89.1 Å². The molecule has 1 heterocycles. The molecule has 1 atom stereocenters. The highest BCUT2D eigenvalue weighted by molar-refractivity contribution is 4.84. The van der Waals surface area contributed by atoms with Crippen molar-refractivity contribution in [2.45, 2.75) is 52.6 Å².